The molecule has 3 aromatic rings. The third-order valence-corrected chi connectivity index (χ3v) is 2.61. The molecule has 78 valence electrons. The Hall–Kier alpha value is -2.29. The predicted molar refractivity (Wildman–Crippen MR) is 65.5 cm³/mol. The van der Waals surface area contributed by atoms with Crippen LogP contribution in [0.2, 0.25) is 0 Å². The van der Waals surface area contributed by atoms with Crippen molar-refractivity contribution in [2.75, 3.05) is 5.73 Å². The van der Waals surface area contributed by atoms with Gasteiger partial charge in [0.05, 0.1) is 5.69 Å². The van der Waals surface area contributed by atoms with E-state index in [1.54, 1.807) is 10.7 Å². The second-order valence-electron chi connectivity index (χ2n) is 3.72. The number of aromatic nitrogens is 2. The lowest BCUT2D eigenvalue weighted by Crippen LogP contribution is -1.95. The summed E-state index contributed by atoms with van der Waals surface area (Å²) in [6.07, 6.45) is 1.86. The fourth-order valence-electron chi connectivity index (χ4n) is 1.80. The molecule has 0 saturated heterocycles. The van der Waals surface area contributed by atoms with Crippen LogP contribution in [0.5, 0.6) is 0 Å². The predicted octanol–water partition coefficient (Wildman–Crippen LogP) is 2.61. The maximum atomic E-state index is 5.60. The molecule has 0 fully saturated rings. The van der Waals surface area contributed by atoms with Crippen molar-refractivity contribution in [3.63, 3.8) is 0 Å². The lowest BCUT2D eigenvalue weighted by atomic mass is 10.1. The van der Waals surface area contributed by atoms with E-state index in [0.29, 0.717) is 5.82 Å². The van der Waals surface area contributed by atoms with Crippen LogP contribution in [0.25, 0.3) is 16.5 Å². The first kappa shape index (κ1) is 8.97. The summed E-state index contributed by atoms with van der Waals surface area (Å²) in [6.45, 7) is 0. The Morgan fingerprint density at radius 2 is 1.75 bits per heavy atom. The summed E-state index contributed by atoms with van der Waals surface area (Å²) in [5, 5.41) is 6.61. The first-order valence-electron chi connectivity index (χ1n) is 5.13. The van der Waals surface area contributed by atoms with Crippen molar-refractivity contribution in [2.45, 2.75) is 0 Å². The Bertz CT molecular complexity index is 640. The molecular formula is C13H11N3. The normalized spacial score (nSPS) is 10.8. The summed E-state index contributed by atoms with van der Waals surface area (Å²) in [6, 6.07) is 16.3. The van der Waals surface area contributed by atoms with Crippen molar-refractivity contribution in [1.29, 1.82) is 0 Å². The molecule has 0 aliphatic carbocycles. The average Bonchev–Trinajstić information content (AvgIpc) is 2.75. The molecule has 3 heteroatoms. The van der Waals surface area contributed by atoms with Crippen molar-refractivity contribution in [1.82, 2.24) is 9.78 Å². The molecule has 0 aliphatic heterocycles. The smallest absolute Gasteiger partial charge is 0.145 e. The molecule has 3 rings (SSSR count). The lowest BCUT2D eigenvalue weighted by molar-refractivity contribution is 0.887. The Labute approximate surface area is 93.1 Å². The van der Waals surface area contributed by atoms with Crippen molar-refractivity contribution < 1.29 is 0 Å². The molecule has 0 bridgehead atoms. The van der Waals surface area contributed by atoms with Gasteiger partial charge in [-0.1, -0.05) is 30.3 Å². The molecule has 0 atom stereocenters. The van der Waals surface area contributed by atoms with Crippen LogP contribution in [0.15, 0.2) is 54.7 Å². The molecule has 0 spiro atoms. The van der Waals surface area contributed by atoms with Crippen LogP contribution in [0.4, 0.5) is 5.82 Å². The van der Waals surface area contributed by atoms with Crippen LogP contribution in [0.3, 0.4) is 0 Å². The van der Waals surface area contributed by atoms with Crippen LogP contribution in [0.1, 0.15) is 0 Å². The van der Waals surface area contributed by atoms with E-state index in [0.717, 1.165) is 5.69 Å². The molecule has 0 radical (unpaired) electrons. The molecule has 2 aromatic carbocycles. The minimum atomic E-state index is 0.535. The highest BCUT2D eigenvalue weighted by Crippen LogP contribution is 2.18. The number of rotatable bonds is 1. The molecule has 2 N–H and O–H groups in total. The lowest BCUT2D eigenvalue weighted by Gasteiger charge is -2.03. The number of fused-ring (bicyclic) bond motifs is 1. The van der Waals surface area contributed by atoms with Gasteiger partial charge in [-0.05, 0) is 22.9 Å². The van der Waals surface area contributed by atoms with Crippen molar-refractivity contribution in [2.24, 2.45) is 0 Å². The van der Waals surface area contributed by atoms with Gasteiger partial charge in [0.15, 0.2) is 0 Å². The highest BCUT2D eigenvalue weighted by Gasteiger charge is 1.99. The van der Waals surface area contributed by atoms with Gasteiger partial charge in [-0.25, -0.2) is 4.68 Å². The Morgan fingerprint density at radius 3 is 2.50 bits per heavy atom. The minimum Gasteiger partial charge on any atom is -0.382 e. The van der Waals surface area contributed by atoms with E-state index >= 15 is 0 Å². The number of hydrogen-bond acceptors (Lipinski definition) is 2. The van der Waals surface area contributed by atoms with E-state index in [4.69, 9.17) is 5.73 Å². The van der Waals surface area contributed by atoms with Gasteiger partial charge in [-0.3, -0.25) is 0 Å². The van der Waals surface area contributed by atoms with Gasteiger partial charge >= 0.3 is 0 Å². The number of anilines is 1. The van der Waals surface area contributed by atoms with Crippen LogP contribution >= 0.6 is 0 Å². The largest absolute Gasteiger partial charge is 0.382 e. The molecule has 16 heavy (non-hydrogen) atoms. The number of benzene rings is 2. The Balaban J connectivity index is 2.18. The Morgan fingerprint density at radius 1 is 0.938 bits per heavy atom. The summed E-state index contributed by atoms with van der Waals surface area (Å²) in [7, 11) is 0. The molecule has 0 amide bonds. The van der Waals surface area contributed by atoms with Crippen LogP contribution < -0.4 is 5.73 Å². The van der Waals surface area contributed by atoms with Crippen molar-refractivity contribution >= 4 is 16.6 Å². The van der Waals surface area contributed by atoms with E-state index in [2.05, 4.69) is 29.4 Å². The first-order chi connectivity index (χ1) is 7.83. The average molecular weight is 209 g/mol. The molecule has 0 aliphatic rings. The number of nitrogens with two attached hydrogens (primary N) is 1. The summed E-state index contributed by atoms with van der Waals surface area (Å²) in [5.74, 6) is 0.535. The molecule has 0 unspecified atom stereocenters. The topological polar surface area (TPSA) is 43.8 Å². The number of nitrogen functional groups attached to an aromatic ring is 1. The molecule has 3 nitrogen and oxygen atoms in total. The Kier molecular flexibility index (Phi) is 1.90. The van der Waals surface area contributed by atoms with Gasteiger partial charge in [-0.2, -0.15) is 5.10 Å². The third-order valence-electron chi connectivity index (χ3n) is 2.61. The highest BCUT2D eigenvalue weighted by atomic mass is 15.3. The second-order valence-corrected chi connectivity index (χ2v) is 3.72. The van der Waals surface area contributed by atoms with Crippen LogP contribution in [0, 0.1) is 0 Å². The zero-order chi connectivity index (χ0) is 11.0. The zero-order valence-corrected chi connectivity index (χ0v) is 8.67. The minimum absolute atomic E-state index is 0.535. The molecular weight excluding hydrogens is 198 g/mol. The van der Waals surface area contributed by atoms with E-state index in [-0.39, 0.29) is 0 Å². The summed E-state index contributed by atoms with van der Waals surface area (Å²) in [4.78, 5) is 0. The van der Waals surface area contributed by atoms with Gasteiger partial charge < -0.3 is 5.73 Å². The highest BCUT2D eigenvalue weighted by molar-refractivity contribution is 5.84. The first-order valence-corrected chi connectivity index (χ1v) is 5.13. The van der Waals surface area contributed by atoms with Gasteiger partial charge in [0.1, 0.15) is 5.82 Å². The van der Waals surface area contributed by atoms with Gasteiger partial charge in [0, 0.05) is 12.3 Å². The van der Waals surface area contributed by atoms with Gasteiger partial charge in [-0.15, -0.1) is 0 Å². The summed E-state index contributed by atoms with van der Waals surface area (Å²) in [5.41, 5.74) is 6.62. The van der Waals surface area contributed by atoms with Crippen molar-refractivity contribution in [3.05, 3.63) is 54.7 Å². The van der Waals surface area contributed by atoms with E-state index < -0.39 is 0 Å². The SMILES string of the molecule is Nc1ccn(-c2ccc3ccccc3c2)n1. The number of nitrogens with zero attached hydrogens (tertiary/aromatic N) is 2. The fraction of sp³-hybridized carbons (Fsp3) is 0. The summed E-state index contributed by atoms with van der Waals surface area (Å²) < 4.78 is 1.78. The van der Waals surface area contributed by atoms with Gasteiger partial charge in [0.2, 0.25) is 0 Å². The zero-order valence-electron chi connectivity index (χ0n) is 8.67. The maximum Gasteiger partial charge on any atom is 0.145 e. The second kappa shape index (κ2) is 3.38. The molecule has 1 heterocycles. The van der Waals surface area contributed by atoms with E-state index in [1.807, 2.05) is 24.4 Å². The fourth-order valence-corrected chi connectivity index (χ4v) is 1.80. The monoisotopic (exact) mass is 209 g/mol. The van der Waals surface area contributed by atoms with Crippen LogP contribution in [-0.4, -0.2) is 9.78 Å². The maximum absolute atomic E-state index is 5.60. The summed E-state index contributed by atoms with van der Waals surface area (Å²) >= 11 is 0. The van der Waals surface area contributed by atoms with Gasteiger partial charge in [0.25, 0.3) is 0 Å². The number of hydrogen-bond donors (Lipinski definition) is 1. The molecule has 1 aromatic heterocycles. The standard InChI is InChI=1S/C13H11N3/c14-13-7-8-16(15-13)12-6-5-10-3-1-2-4-11(10)9-12/h1-9H,(H2,14,15). The molecule has 0 saturated carbocycles. The van der Waals surface area contributed by atoms with E-state index in [1.165, 1.54) is 10.8 Å². The third kappa shape index (κ3) is 1.42. The van der Waals surface area contributed by atoms with E-state index in [9.17, 15) is 0 Å². The van der Waals surface area contributed by atoms with Crippen molar-refractivity contribution in [3.8, 4) is 5.69 Å². The quantitative estimate of drug-likeness (QED) is 0.669. The van der Waals surface area contributed by atoms with Crippen LogP contribution in [-0.2, 0) is 0 Å².